The van der Waals surface area contributed by atoms with Gasteiger partial charge in [0.1, 0.15) is 5.69 Å². The van der Waals surface area contributed by atoms with Crippen LogP contribution in [0.3, 0.4) is 0 Å². The van der Waals surface area contributed by atoms with E-state index >= 15 is 0 Å². The first-order chi connectivity index (χ1) is 10.2. The largest absolute Gasteiger partial charge is 0.495 e. The molecule has 1 saturated carbocycles. The molecule has 0 unspecified atom stereocenters. The fraction of sp³-hybridized carbons (Fsp3) is 0.625. The maximum atomic E-state index is 12.2. The van der Waals surface area contributed by atoms with Gasteiger partial charge < -0.3 is 14.6 Å². The molecule has 22 heavy (non-hydrogen) atoms. The van der Waals surface area contributed by atoms with Crippen LogP contribution in [-0.4, -0.2) is 35.3 Å². The van der Waals surface area contributed by atoms with E-state index in [1.165, 1.54) is 0 Å². The van der Waals surface area contributed by atoms with Crippen molar-refractivity contribution in [3.8, 4) is 0 Å². The molecule has 2 heterocycles. The summed E-state index contributed by atoms with van der Waals surface area (Å²) in [5.41, 5.74) is 1.45. The van der Waals surface area contributed by atoms with E-state index in [1.807, 2.05) is 34.6 Å². The number of amides is 1. The first-order valence-corrected chi connectivity index (χ1v) is 7.83. The van der Waals surface area contributed by atoms with Crippen LogP contribution in [0.2, 0.25) is 0 Å². The number of hydrogen-bond donors (Lipinski definition) is 1. The quantitative estimate of drug-likeness (QED) is 0.861. The van der Waals surface area contributed by atoms with Crippen molar-refractivity contribution in [1.82, 2.24) is 10.3 Å². The molecule has 0 radical (unpaired) electrons. The van der Waals surface area contributed by atoms with Crippen LogP contribution in [0.25, 0.3) is 0 Å². The van der Waals surface area contributed by atoms with Gasteiger partial charge in [-0.05, 0) is 64.6 Å². The maximum absolute atomic E-state index is 12.2. The van der Waals surface area contributed by atoms with Gasteiger partial charge in [0.2, 0.25) is 0 Å². The molecule has 0 spiro atoms. The third kappa shape index (κ3) is 2.77. The molecule has 2 aliphatic rings. The summed E-state index contributed by atoms with van der Waals surface area (Å²) in [6.07, 6.45) is 3.82. The molecule has 6 heteroatoms. The molecule has 118 valence electrons. The van der Waals surface area contributed by atoms with Crippen molar-refractivity contribution in [2.75, 3.05) is 0 Å². The summed E-state index contributed by atoms with van der Waals surface area (Å²) < 4.78 is 12.2. The van der Waals surface area contributed by atoms with Crippen molar-refractivity contribution >= 4 is 18.5 Å². The van der Waals surface area contributed by atoms with Crippen LogP contribution < -0.4 is 10.8 Å². The molecule has 0 aromatic carbocycles. The second-order valence-corrected chi connectivity index (χ2v) is 7.26. The lowest BCUT2D eigenvalue weighted by atomic mass is 9.76. The lowest BCUT2D eigenvalue weighted by Crippen LogP contribution is -2.41. The third-order valence-electron chi connectivity index (χ3n) is 4.80. The van der Waals surface area contributed by atoms with Crippen molar-refractivity contribution in [2.24, 2.45) is 0 Å². The molecule has 1 aliphatic carbocycles. The van der Waals surface area contributed by atoms with Crippen LogP contribution >= 0.6 is 0 Å². The number of aryl methyl sites for hydroxylation is 1. The Hall–Kier alpha value is -1.40. The number of hydrogen-bond acceptors (Lipinski definition) is 4. The van der Waals surface area contributed by atoms with Gasteiger partial charge in [-0.2, -0.15) is 0 Å². The van der Waals surface area contributed by atoms with Gasteiger partial charge in [0.15, 0.2) is 0 Å². The smallest absolute Gasteiger partial charge is 0.399 e. The molecule has 0 bridgehead atoms. The van der Waals surface area contributed by atoms with E-state index in [0.29, 0.717) is 11.7 Å². The van der Waals surface area contributed by atoms with Crippen LogP contribution in [-0.2, 0) is 9.31 Å². The van der Waals surface area contributed by atoms with Gasteiger partial charge in [-0.1, -0.05) is 0 Å². The van der Waals surface area contributed by atoms with Crippen molar-refractivity contribution < 1.29 is 14.1 Å². The number of carbonyl (C=O) groups excluding carboxylic acids is 1. The van der Waals surface area contributed by atoms with Gasteiger partial charge in [-0.25, -0.2) is 0 Å². The summed E-state index contributed by atoms with van der Waals surface area (Å²) in [5, 5.41) is 2.96. The fourth-order valence-electron chi connectivity index (χ4n) is 2.37. The van der Waals surface area contributed by atoms with E-state index < -0.39 is 18.3 Å². The molecule has 0 atom stereocenters. The molecule has 1 saturated heterocycles. The Morgan fingerprint density at radius 3 is 2.41 bits per heavy atom. The molecule has 1 amide bonds. The highest BCUT2D eigenvalue weighted by atomic mass is 16.7. The molecular formula is C16H23BN2O3. The average molecular weight is 302 g/mol. The SMILES string of the molecule is Cc1cnc(C(=O)NC2CC2)cc1B1OC(C)(C)C(C)(C)O1. The number of rotatable bonds is 3. The summed E-state index contributed by atoms with van der Waals surface area (Å²) in [5.74, 6) is -0.125. The number of pyridine rings is 1. The highest BCUT2D eigenvalue weighted by Crippen LogP contribution is 2.36. The van der Waals surface area contributed by atoms with E-state index in [9.17, 15) is 4.79 Å². The number of nitrogens with one attached hydrogen (secondary N) is 1. The Labute approximate surface area is 131 Å². The molecule has 1 N–H and O–H groups in total. The monoisotopic (exact) mass is 302 g/mol. The van der Waals surface area contributed by atoms with Gasteiger partial charge in [0.25, 0.3) is 5.91 Å². The summed E-state index contributed by atoms with van der Waals surface area (Å²) in [7, 11) is -0.472. The third-order valence-corrected chi connectivity index (χ3v) is 4.80. The van der Waals surface area contributed by atoms with Crippen LogP contribution in [0.1, 0.15) is 56.6 Å². The maximum Gasteiger partial charge on any atom is 0.495 e. The van der Waals surface area contributed by atoms with Crippen molar-refractivity contribution in [3.63, 3.8) is 0 Å². The fourth-order valence-corrected chi connectivity index (χ4v) is 2.37. The van der Waals surface area contributed by atoms with Gasteiger partial charge in [-0.3, -0.25) is 9.78 Å². The highest BCUT2D eigenvalue weighted by Gasteiger charge is 2.52. The normalized spacial score (nSPS) is 22.7. The Morgan fingerprint density at radius 2 is 1.86 bits per heavy atom. The zero-order valence-electron chi connectivity index (χ0n) is 13.9. The Bertz CT molecular complexity index is 595. The van der Waals surface area contributed by atoms with E-state index in [-0.39, 0.29) is 5.91 Å². The minimum Gasteiger partial charge on any atom is -0.399 e. The van der Waals surface area contributed by atoms with Crippen molar-refractivity contribution in [1.29, 1.82) is 0 Å². The predicted molar refractivity (Wildman–Crippen MR) is 85.2 cm³/mol. The Morgan fingerprint density at radius 1 is 1.27 bits per heavy atom. The van der Waals surface area contributed by atoms with Crippen LogP contribution in [0, 0.1) is 6.92 Å². The van der Waals surface area contributed by atoms with Crippen molar-refractivity contribution in [3.05, 3.63) is 23.5 Å². The van der Waals surface area contributed by atoms with Gasteiger partial charge >= 0.3 is 7.12 Å². The topological polar surface area (TPSA) is 60.5 Å². The van der Waals surface area contributed by atoms with Gasteiger partial charge in [-0.15, -0.1) is 0 Å². The zero-order valence-corrected chi connectivity index (χ0v) is 13.9. The first kappa shape index (κ1) is 15.5. The second kappa shape index (κ2) is 5.06. The predicted octanol–water partition coefficient (Wildman–Crippen LogP) is 1.58. The zero-order chi connectivity index (χ0) is 16.1. The van der Waals surface area contributed by atoms with Crippen molar-refractivity contribution in [2.45, 2.75) is 64.7 Å². The Kier molecular flexibility index (Phi) is 3.57. The lowest BCUT2D eigenvalue weighted by molar-refractivity contribution is 0.00578. The molecular weight excluding hydrogens is 279 g/mol. The minimum absolute atomic E-state index is 0.125. The van der Waals surface area contributed by atoms with Gasteiger partial charge in [0, 0.05) is 12.2 Å². The standard InChI is InChI=1S/C16H23BN2O3/c1-10-9-18-13(14(20)19-11-6-7-11)8-12(10)17-21-15(2,3)16(4,5)22-17/h8-9,11H,6-7H2,1-5H3,(H,19,20). The number of aromatic nitrogens is 1. The Balaban J connectivity index is 1.86. The van der Waals surface area contributed by atoms with E-state index in [2.05, 4.69) is 10.3 Å². The molecule has 3 rings (SSSR count). The second-order valence-electron chi connectivity index (χ2n) is 7.26. The van der Waals surface area contributed by atoms with Gasteiger partial charge in [0.05, 0.1) is 11.2 Å². The molecule has 1 aromatic rings. The highest BCUT2D eigenvalue weighted by molar-refractivity contribution is 6.62. The van der Waals surface area contributed by atoms with Crippen LogP contribution in [0.15, 0.2) is 12.3 Å². The minimum atomic E-state index is -0.472. The lowest BCUT2D eigenvalue weighted by Gasteiger charge is -2.32. The molecule has 1 aromatic heterocycles. The van der Waals surface area contributed by atoms with Crippen LogP contribution in [0.4, 0.5) is 0 Å². The summed E-state index contributed by atoms with van der Waals surface area (Å²) in [6.45, 7) is 10.0. The number of nitrogens with zero attached hydrogens (tertiary/aromatic N) is 1. The summed E-state index contributed by atoms with van der Waals surface area (Å²) >= 11 is 0. The first-order valence-electron chi connectivity index (χ1n) is 7.83. The van der Waals surface area contributed by atoms with E-state index in [4.69, 9.17) is 9.31 Å². The van der Waals surface area contributed by atoms with E-state index in [0.717, 1.165) is 23.9 Å². The molecule has 1 aliphatic heterocycles. The molecule has 5 nitrogen and oxygen atoms in total. The van der Waals surface area contributed by atoms with E-state index in [1.54, 1.807) is 12.3 Å². The summed E-state index contributed by atoms with van der Waals surface area (Å²) in [6, 6.07) is 2.10. The summed E-state index contributed by atoms with van der Waals surface area (Å²) in [4.78, 5) is 16.4. The van der Waals surface area contributed by atoms with Crippen LogP contribution in [0.5, 0.6) is 0 Å². The molecule has 2 fully saturated rings. The number of carbonyl (C=O) groups is 1. The average Bonchev–Trinajstić information content (AvgIpc) is 3.17.